The minimum atomic E-state index is 0.361. The third kappa shape index (κ3) is 4.52. The van der Waals surface area contributed by atoms with E-state index in [4.69, 9.17) is 0 Å². The van der Waals surface area contributed by atoms with Crippen molar-refractivity contribution in [2.45, 2.75) is 58.4 Å². The molecular weight excluding hydrogens is 246 g/mol. The van der Waals surface area contributed by atoms with E-state index in [1.807, 2.05) is 12.1 Å². The Kier molecular flexibility index (Phi) is 5.90. The molecule has 20 heavy (non-hydrogen) atoms. The zero-order valence-electron chi connectivity index (χ0n) is 13.0. The predicted molar refractivity (Wildman–Crippen MR) is 85.1 cm³/mol. The highest BCUT2D eigenvalue weighted by molar-refractivity contribution is 5.25. The summed E-state index contributed by atoms with van der Waals surface area (Å²) in [6.45, 7) is 7.22. The number of phenols is 1. The summed E-state index contributed by atoms with van der Waals surface area (Å²) in [5.41, 5.74) is 1.33. The molecule has 1 aliphatic heterocycles. The van der Waals surface area contributed by atoms with Crippen molar-refractivity contribution in [1.82, 2.24) is 4.90 Å². The van der Waals surface area contributed by atoms with Crippen molar-refractivity contribution in [3.63, 3.8) is 0 Å². The smallest absolute Gasteiger partial charge is 0.115 e. The first-order valence-corrected chi connectivity index (χ1v) is 8.21. The zero-order valence-corrected chi connectivity index (χ0v) is 13.0. The summed E-state index contributed by atoms with van der Waals surface area (Å²) in [6, 6.07) is 8.32. The monoisotopic (exact) mass is 275 g/mol. The second-order valence-electron chi connectivity index (χ2n) is 6.32. The highest BCUT2D eigenvalue weighted by atomic mass is 16.3. The number of rotatable bonds is 6. The number of benzene rings is 1. The lowest BCUT2D eigenvalue weighted by Crippen LogP contribution is -2.40. The maximum absolute atomic E-state index is 9.30. The fourth-order valence-electron chi connectivity index (χ4n) is 3.31. The number of piperidine rings is 1. The van der Waals surface area contributed by atoms with E-state index in [1.54, 1.807) is 12.1 Å². The SMILES string of the molecule is CCCC1CCN(C(C)CCc2ccc(O)cc2)CC1. The van der Waals surface area contributed by atoms with Crippen LogP contribution in [0.3, 0.4) is 0 Å². The molecule has 0 saturated carbocycles. The van der Waals surface area contributed by atoms with Crippen molar-refractivity contribution < 1.29 is 5.11 Å². The first-order valence-electron chi connectivity index (χ1n) is 8.21. The standard InChI is InChI=1S/C18H29NO/c1-3-4-16-11-13-19(14-12-16)15(2)5-6-17-7-9-18(20)10-8-17/h7-10,15-16,20H,3-6,11-14H2,1-2H3. The van der Waals surface area contributed by atoms with Crippen LogP contribution in [0.5, 0.6) is 5.75 Å². The zero-order chi connectivity index (χ0) is 14.4. The van der Waals surface area contributed by atoms with Gasteiger partial charge in [0.1, 0.15) is 5.75 Å². The molecule has 0 radical (unpaired) electrons. The fourth-order valence-corrected chi connectivity index (χ4v) is 3.31. The minimum Gasteiger partial charge on any atom is -0.508 e. The molecule has 1 aromatic rings. The quantitative estimate of drug-likeness (QED) is 0.840. The van der Waals surface area contributed by atoms with E-state index in [0.717, 1.165) is 12.3 Å². The Bertz CT molecular complexity index is 379. The molecule has 1 fully saturated rings. The molecule has 112 valence electrons. The molecule has 2 nitrogen and oxygen atoms in total. The summed E-state index contributed by atoms with van der Waals surface area (Å²) < 4.78 is 0. The predicted octanol–water partition coefficient (Wildman–Crippen LogP) is 4.23. The molecule has 0 bridgehead atoms. The van der Waals surface area contributed by atoms with Crippen molar-refractivity contribution >= 4 is 0 Å². The number of phenolic OH excluding ortho intramolecular Hbond substituents is 1. The maximum atomic E-state index is 9.30. The summed E-state index contributed by atoms with van der Waals surface area (Å²) in [5.74, 6) is 1.33. The van der Waals surface area contributed by atoms with Crippen LogP contribution in [0.15, 0.2) is 24.3 Å². The van der Waals surface area contributed by atoms with Crippen molar-refractivity contribution in [1.29, 1.82) is 0 Å². The maximum Gasteiger partial charge on any atom is 0.115 e. The number of hydrogen-bond donors (Lipinski definition) is 1. The van der Waals surface area contributed by atoms with Gasteiger partial charge in [-0.2, -0.15) is 0 Å². The van der Waals surface area contributed by atoms with Crippen LogP contribution < -0.4 is 0 Å². The van der Waals surface area contributed by atoms with E-state index in [-0.39, 0.29) is 0 Å². The molecule has 2 rings (SSSR count). The van der Waals surface area contributed by atoms with Crippen LogP contribution in [0.25, 0.3) is 0 Å². The largest absolute Gasteiger partial charge is 0.508 e. The van der Waals surface area contributed by atoms with Gasteiger partial charge in [-0.1, -0.05) is 31.9 Å². The van der Waals surface area contributed by atoms with Crippen molar-refractivity contribution in [2.75, 3.05) is 13.1 Å². The molecule has 1 N–H and O–H groups in total. The normalized spacial score (nSPS) is 19.1. The molecule has 1 aliphatic rings. The number of hydrogen-bond acceptors (Lipinski definition) is 2. The van der Waals surface area contributed by atoms with E-state index in [0.29, 0.717) is 11.8 Å². The number of aromatic hydroxyl groups is 1. The van der Waals surface area contributed by atoms with Gasteiger partial charge in [0.05, 0.1) is 0 Å². The van der Waals surface area contributed by atoms with Gasteiger partial charge in [-0.25, -0.2) is 0 Å². The molecule has 1 saturated heterocycles. The summed E-state index contributed by atoms with van der Waals surface area (Å²) in [6.07, 6.45) is 7.84. The Morgan fingerprint density at radius 3 is 2.45 bits per heavy atom. The lowest BCUT2D eigenvalue weighted by atomic mass is 9.91. The Labute approximate surface area is 123 Å². The van der Waals surface area contributed by atoms with Crippen molar-refractivity contribution in [2.24, 2.45) is 5.92 Å². The minimum absolute atomic E-state index is 0.361. The highest BCUT2D eigenvalue weighted by Gasteiger charge is 2.21. The Hall–Kier alpha value is -1.02. The van der Waals surface area contributed by atoms with Gasteiger partial charge >= 0.3 is 0 Å². The third-order valence-corrected chi connectivity index (χ3v) is 4.76. The van der Waals surface area contributed by atoms with Crippen LogP contribution in [0.4, 0.5) is 0 Å². The average molecular weight is 275 g/mol. The summed E-state index contributed by atoms with van der Waals surface area (Å²) in [7, 11) is 0. The van der Waals surface area contributed by atoms with Gasteiger partial charge in [-0.15, -0.1) is 0 Å². The number of aryl methyl sites for hydroxylation is 1. The van der Waals surface area contributed by atoms with Crippen molar-refractivity contribution in [3.05, 3.63) is 29.8 Å². The van der Waals surface area contributed by atoms with E-state index >= 15 is 0 Å². The fraction of sp³-hybridized carbons (Fsp3) is 0.667. The number of nitrogens with zero attached hydrogens (tertiary/aromatic N) is 1. The number of likely N-dealkylation sites (tertiary alicyclic amines) is 1. The van der Waals surface area contributed by atoms with E-state index < -0.39 is 0 Å². The molecule has 2 heteroatoms. The van der Waals surface area contributed by atoms with Crippen LogP contribution in [0.1, 0.15) is 51.5 Å². The van der Waals surface area contributed by atoms with Gasteiger partial charge in [0.2, 0.25) is 0 Å². The van der Waals surface area contributed by atoms with Crippen LogP contribution in [-0.2, 0) is 6.42 Å². The first kappa shape index (κ1) is 15.4. The van der Waals surface area contributed by atoms with Crippen LogP contribution in [0.2, 0.25) is 0 Å². The Morgan fingerprint density at radius 2 is 1.85 bits per heavy atom. The van der Waals surface area contributed by atoms with Gasteiger partial charge in [0, 0.05) is 6.04 Å². The van der Waals surface area contributed by atoms with E-state index in [9.17, 15) is 5.11 Å². The molecule has 1 atom stereocenters. The van der Waals surface area contributed by atoms with Gasteiger partial charge < -0.3 is 10.0 Å². The lowest BCUT2D eigenvalue weighted by Gasteiger charge is -2.36. The van der Waals surface area contributed by atoms with Gasteiger partial charge in [0.15, 0.2) is 0 Å². The second-order valence-corrected chi connectivity index (χ2v) is 6.32. The molecule has 1 unspecified atom stereocenters. The van der Waals surface area contributed by atoms with Crippen LogP contribution >= 0.6 is 0 Å². The first-order chi connectivity index (χ1) is 9.69. The Balaban J connectivity index is 1.72. The van der Waals surface area contributed by atoms with Gasteiger partial charge in [-0.3, -0.25) is 0 Å². The van der Waals surface area contributed by atoms with Crippen LogP contribution in [0, 0.1) is 5.92 Å². The molecule has 1 aromatic carbocycles. The van der Waals surface area contributed by atoms with Crippen molar-refractivity contribution in [3.8, 4) is 5.75 Å². The molecule has 1 heterocycles. The van der Waals surface area contributed by atoms with Gasteiger partial charge in [-0.05, 0) is 69.3 Å². The molecule has 0 aromatic heterocycles. The average Bonchev–Trinajstić information content (AvgIpc) is 2.47. The van der Waals surface area contributed by atoms with E-state index in [2.05, 4.69) is 18.7 Å². The summed E-state index contributed by atoms with van der Waals surface area (Å²) >= 11 is 0. The molecule has 0 aliphatic carbocycles. The topological polar surface area (TPSA) is 23.5 Å². The highest BCUT2D eigenvalue weighted by Crippen LogP contribution is 2.24. The summed E-state index contributed by atoms with van der Waals surface area (Å²) in [4.78, 5) is 2.66. The van der Waals surface area contributed by atoms with Gasteiger partial charge in [0.25, 0.3) is 0 Å². The Morgan fingerprint density at radius 1 is 1.20 bits per heavy atom. The second kappa shape index (κ2) is 7.68. The summed E-state index contributed by atoms with van der Waals surface area (Å²) in [5, 5.41) is 9.30. The van der Waals surface area contributed by atoms with E-state index in [1.165, 1.54) is 50.8 Å². The molecule has 0 amide bonds. The molecular formula is C18H29NO. The van der Waals surface area contributed by atoms with Crippen LogP contribution in [-0.4, -0.2) is 29.1 Å². The molecule has 0 spiro atoms. The third-order valence-electron chi connectivity index (χ3n) is 4.76. The lowest BCUT2D eigenvalue weighted by molar-refractivity contribution is 0.132.